The molecule has 6 heteroatoms. The quantitative estimate of drug-likeness (QED) is 0.488. The van der Waals surface area contributed by atoms with Crippen molar-refractivity contribution < 1.29 is 8.78 Å². The molecule has 0 radical (unpaired) electrons. The molecule has 1 heterocycles. The highest BCUT2D eigenvalue weighted by Gasteiger charge is 2.15. The molecule has 0 atom stereocenters. The smallest absolute Gasteiger partial charge is 0.267 e. The van der Waals surface area contributed by atoms with Gasteiger partial charge in [-0.15, -0.1) is 0 Å². The third kappa shape index (κ3) is 3.53. The molecule has 0 unspecified atom stereocenters. The minimum Gasteiger partial charge on any atom is -0.267 e. The first kappa shape index (κ1) is 18.3. The zero-order valence-electron chi connectivity index (χ0n) is 14.7. The van der Waals surface area contributed by atoms with Gasteiger partial charge in [-0.1, -0.05) is 48.0 Å². The molecule has 0 saturated heterocycles. The van der Waals surface area contributed by atoms with Crippen LogP contribution in [0.4, 0.5) is 8.78 Å². The molecule has 0 spiro atoms. The first-order chi connectivity index (χ1) is 13.5. The maximum Gasteiger partial charge on any atom is 0.274 e. The number of halogens is 3. The van der Waals surface area contributed by atoms with Crippen LogP contribution >= 0.6 is 11.6 Å². The van der Waals surface area contributed by atoms with Crippen molar-refractivity contribution >= 4 is 22.4 Å². The predicted octanol–water partition coefficient (Wildman–Crippen LogP) is 4.97. The van der Waals surface area contributed by atoms with E-state index >= 15 is 0 Å². The molecular weight excluding hydrogens is 382 g/mol. The van der Waals surface area contributed by atoms with Crippen molar-refractivity contribution in [3.8, 4) is 0 Å². The zero-order chi connectivity index (χ0) is 19.7. The maximum atomic E-state index is 14.1. The van der Waals surface area contributed by atoms with Crippen molar-refractivity contribution in [3.63, 3.8) is 0 Å². The topological polar surface area (TPSA) is 34.9 Å². The fourth-order valence-corrected chi connectivity index (χ4v) is 3.30. The van der Waals surface area contributed by atoms with E-state index in [2.05, 4.69) is 5.10 Å². The van der Waals surface area contributed by atoms with Gasteiger partial charge in [0.25, 0.3) is 5.56 Å². The van der Waals surface area contributed by atoms with Gasteiger partial charge in [0.2, 0.25) is 0 Å². The van der Waals surface area contributed by atoms with Crippen molar-refractivity contribution in [1.82, 2.24) is 9.78 Å². The minimum absolute atomic E-state index is 0.190. The van der Waals surface area contributed by atoms with Crippen LogP contribution in [0.5, 0.6) is 0 Å². The highest BCUT2D eigenvalue weighted by Crippen LogP contribution is 2.19. The lowest BCUT2D eigenvalue weighted by Crippen LogP contribution is -2.26. The third-order valence-electron chi connectivity index (χ3n) is 4.60. The summed E-state index contributed by atoms with van der Waals surface area (Å²) in [7, 11) is 0. The van der Waals surface area contributed by atoms with E-state index in [-0.39, 0.29) is 12.1 Å². The summed E-state index contributed by atoms with van der Waals surface area (Å²) in [6.45, 7) is -0.282. The molecular formula is C22H15ClF2N2O. The normalized spacial score (nSPS) is 11.1. The van der Waals surface area contributed by atoms with E-state index in [0.717, 1.165) is 10.2 Å². The van der Waals surface area contributed by atoms with Crippen LogP contribution in [-0.4, -0.2) is 9.78 Å². The van der Waals surface area contributed by atoms with E-state index in [1.807, 2.05) is 24.3 Å². The van der Waals surface area contributed by atoms with Crippen molar-refractivity contribution in [2.45, 2.75) is 13.0 Å². The fourth-order valence-electron chi connectivity index (χ4n) is 3.17. The molecule has 0 amide bonds. The Bertz CT molecular complexity index is 1200. The van der Waals surface area contributed by atoms with Crippen LogP contribution in [0.3, 0.4) is 0 Å². The second kappa shape index (κ2) is 7.52. The first-order valence-corrected chi connectivity index (χ1v) is 9.07. The summed E-state index contributed by atoms with van der Waals surface area (Å²) in [6.07, 6.45) is 0.456. The molecule has 0 aliphatic rings. The molecule has 0 aliphatic carbocycles. The van der Waals surface area contributed by atoms with Crippen LogP contribution in [0.1, 0.15) is 16.8 Å². The molecule has 4 aromatic rings. The van der Waals surface area contributed by atoms with Crippen LogP contribution in [0, 0.1) is 11.6 Å². The Morgan fingerprint density at radius 3 is 2.18 bits per heavy atom. The average Bonchev–Trinajstić information content (AvgIpc) is 2.70. The van der Waals surface area contributed by atoms with Gasteiger partial charge in [-0.3, -0.25) is 4.79 Å². The standard InChI is InChI=1S/C22H15ClF2N2O/c23-15-10-8-14(9-11-15)12-21-16-4-1-2-5-17(16)22(28)27(26-21)13-18-19(24)6-3-7-20(18)25/h1-11H,12-13H2. The largest absolute Gasteiger partial charge is 0.274 e. The van der Waals surface area contributed by atoms with Gasteiger partial charge < -0.3 is 0 Å². The maximum absolute atomic E-state index is 14.1. The Hall–Kier alpha value is -3.05. The van der Waals surface area contributed by atoms with Crippen molar-refractivity contribution in [2.24, 2.45) is 0 Å². The van der Waals surface area contributed by atoms with Gasteiger partial charge in [0.15, 0.2) is 0 Å². The Morgan fingerprint density at radius 1 is 0.857 bits per heavy atom. The van der Waals surface area contributed by atoms with Crippen molar-refractivity contribution in [1.29, 1.82) is 0 Å². The lowest BCUT2D eigenvalue weighted by atomic mass is 10.0. The van der Waals surface area contributed by atoms with Gasteiger partial charge in [0.1, 0.15) is 11.6 Å². The molecule has 0 N–H and O–H groups in total. The second-order valence-electron chi connectivity index (χ2n) is 6.46. The molecule has 3 nitrogen and oxygen atoms in total. The highest BCUT2D eigenvalue weighted by atomic mass is 35.5. The summed E-state index contributed by atoms with van der Waals surface area (Å²) in [5.74, 6) is -1.41. The number of rotatable bonds is 4. The summed E-state index contributed by atoms with van der Waals surface area (Å²) in [5.41, 5.74) is 1.03. The van der Waals surface area contributed by atoms with E-state index in [1.54, 1.807) is 24.3 Å². The lowest BCUT2D eigenvalue weighted by Gasteiger charge is -2.12. The molecule has 1 aromatic heterocycles. The summed E-state index contributed by atoms with van der Waals surface area (Å²) in [5, 5.41) is 6.23. The number of aromatic nitrogens is 2. The summed E-state index contributed by atoms with van der Waals surface area (Å²) >= 11 is 5.94. The summed E-state index contributed by atoms with van der Waals surface area (Å²) in [4.78, 5) is 12.8. The number of benzene rings is 3. The fraction of sp³-hybridized carbons (Fsp3) is 0.0909. The summed E-state index contributed by atoms with van der Waals surface area (Å²) < 4.78 is 29.3. The van der Waals surface area contributed by atoms with Crippen molar-refractivity contribution in [3.05, 3.63) is 111 Å². The van der Waals surface area contributed by atoms with Crippen LogP contribution in [0.2, 0.25) is 5.02 Å². The summed E-state index contributed by atoms with van der Waals surface area (Å²) in [6, 6.07) is 18.0. The van der Waals surface area contributed by atoms with Crippen LogP contribution < -0.4 is 5.56 Å². The van der Waals surface area contributed by atoms with Crippen molar-refractivity contribution in [2.75, 3.05) is 0 Å². The number of hydrogen-bond acceptors (Lipinski definition) is 2. The minimum atomic E-state index is -0.707. The van der Waals surface area contributed by atoms with Gasteiger partial charge in [-0.05, 0) is 35.9 Å². The van der Waals surface area contributed by atoms with Gasteiger partial charge >= 0.3 is 0 Å². The van der Waals surface area contributed by atoms with Crippen LogP contribution in [-0.2, 0) is 13.0 Å². The number of hydrogen-bond donors (Lipinski definition) is 0. The van der Waals surface area contributed by atoms with Crippen LogP contribution in [0.15, 0.2) is 71.5 Å². The average molecular weight is 397 g/mol. The molecule has 0 aliphatic heterocycles. The monoisotopic (exact) mass is 396 g/mol. The molecule has 140 valence electrons. The molecule has 28 heavy (non-hydrogen) atoms. The van der Waals surface area contributed by atoms with E-state index in [4.69, 9.17) is 11.6 Å². The molecule has 0 bridgehead atoms. The van der Waals surface area contributed by atoms with E-state index in [1.165, 1.54) is 18.2 Å². The zero-order valence-corrected chi connectivity index (χ0v) is 15.5. The van der Waals surface area contributed by atoms with E-state index in [9.17, 15) is 13.6 Å². The van der Waals surface area contributed by atoms with Gasteiger partial charge in [-0.2, -0.15) is 5.10 Å². The lowest BCUT2D eigenvalue weighted by molar-refractivity contribution is 0.523. The highest BCUT2D eigenvalue weighted by molar-refractivity contribution is 6.30. The predicted molar refractivity (Wildman–Crippen MR) is 106 cm³/mol. The second-order valence-corrected chi connectivity index (χ2v) is 6.89. The van der Waals surface area contributed by atoms with Gasteiger partial charge in [0.05, 0.1) is 17.6 Å². The number of nitrogens with zero attached hydrogens (tertiary/aromatic N) is 2. The third-order valence-corrected chi connectivity index (χ3v) is 4.85. The molecule has 0 fully saturated rings. The Labute approximate surface area is 164 Å². The molecule has 4 rings (SSSR count). The Morgan fingerprint density at radius 2 is 1.50 bits per heavy atom. The number of fused-ring (bicyclic) bond motifs is 1. The molecule has 3 aromatic carbocycles. The first-order valence-electron chi connectivity index (χ1n) is 8.69. The SMILES string of the molecule is O=c1c2ccccc2c(Cc2ccc(Cl)cc2)nn1Cc1c(F)cccc1F. The Balaban J connectivity index is 1.84. The Kier molecular flexibility index (Phi) is 4.92. The van der Waals surface area contributed by atoms with E-state index < -0.39 is 17.2 Å². The molecule has 0 saturated carbocycles. The van der Waals surface area contributed by atoms with Crippen LogP contribution in [0.25, 0.3) is 10.8 Å². The van der Waals surface area contributed by atoms with E-state index in [0.29, 0.717) is 27.9 Å². The van der Waals surface area contributed by atoms with Gasteiger partial charge in [0, 0.05) is 22.4 Å². The van der Waals surface area contributed by atoms with Gasteiger partial charge in [-0.25, -0.2) is 13.5 Å².